The average molecular weight is 244 g/mol. The van der Waals surface area contributed by atoms with Crippen LogP contribution in [0.25, 0.3) is 0 Å². The average Bonchev–Trinajstić information content (AvgIpc) is 2.67. The molecular weight excluding hydrogens is 236 g/mol. The first-order valence-electron chi connectivity index (χ1n) is 2.85. The molecule has 0 saturated carbocycles. The third-order valence-corrected chi connectivity index (χ3v) is 0.812. The number of nitrogens with one attached hydrogen (secondary N) is 2. The maximum absolute atomic E-state index is 3.67. The summed E-state index contributed by atoms with van der Waals surface area (Å²) >= 11 is 0. The van der Waals surface area contributed by atoms with Gasteiger partial charge >= 0.3 is 22.4 Å². The zero-order valence-corrected chi connectivity index (χ0v) is 7.14. The molecule has 4 nitrogen and oxygen atoms in total. The van der Waals surface area contributed by atoms with E-state index in [2.05, 4.69) is 19.9 Å². The van der Waals surface area contributed by atoms with Crippen molar-refractivity contribution in [3.05, 3.63) is 37.4 Å². The van der Waals surface area contributed by atoms with Crippen LogP contribution in [-0.4, -0.2) is 19.9 Å². The number of H-pyrrole nitrogens is 2. The summed E-state index contributed by atoms with van der Waals surface area (Å²) in [7, 11) is 0. The van der Waals surface area contributed by atoms with E-state index in [-0.39, 0.29) is 22.4 Å². The van der Waals surface area contributed by atoms with Gasteiger partial charge in [-0.05, 0) is 0 Å². The normalized spacial score (nSPS) is 7.27. The van der Waals surface area contributed by atoms with E-state index in [1.165, 1.54) is 0 Å². The van der Waals surface area contributed by atoms with Gasteiger partial charge in [-0.1, -0.05) is 0 Å². The second kappa shape index (κ2) is 7.27. The van der Waals surface area contributed by atoms with Crippen molar-refractivity contribution in [2.75, 3.05) is 0 Å². The number of nitrogens with zero attached hydrogens (tertiary/aromatic N) is 2. The van der Waals surface area contributed by atoms with E-state index < -0.39 is 0 Å². The van der Waals surface area contributed by atoms with Crippen LogP contribution in [0.3, 0.4) is 0 Å². The van der Waals surface area contributed by atoms with Gasteiger partial charge < -0.3 is 9.97 Å². The predicted molar refractivity (Wildman–Crippen MR) is 37.2 cm³/mol. The molecule has 0 bridgehead atoms. The van der Waals surface area contributed by atoms with Crippen molar-refractivity contribution in [1.82, 2.24) is 19.9 Å². The van der Waals surface area contributed by atoms with Crippen LogP contribution >= 0.6 is 0 Å². The Balaban J connectivity index is 0.000000167. The van der Waals surface area contributed by atoms with Gasteiger partial charge in [0, 0.05) is 24.8 Å². The monoisotopic (exact) mass is 243 g/mol. The van der Waals surface area contributed by atoms with Crippen LogP contribution in [0.5, 0.6) is 0 Å². The SMILES string of the molecule is [Ag+].c1c[nH]cn1.c1c[nH]cn1. The van der Waals surface area contributed by atoms with Crippen molar-refractivity contribution >= 4 is 0 Å². The van der Waals surface area contributed by atoms with Gasteiger partial charge in [0.2, 0.25) is 0 Å². The Morgan fingerprint density at radius 2 is 1.27 bits per heavy atom. The van der Waals surface area contributed by atoms with Crippen LogP contribution in [0.15, 0.2) is 37.4 Å². The number of aromatic nitrogens is 4. The third-order valence-electron chi connectivity index (χ3n) is 0.812. The summed E-state index contributed by atoms with van der Waals surface area (Å²) in [5.74, 6) is 0. The van der Waals surface area contributed by atoms with Crippen molar-refractivity contribution in [3.8, 4) is 0 Å². The quantitative estimate of drug-likeness (QED) is 0.674. The standard InChI is InChI=1S/2C3H4N2.Ag/c2*1-2-5-3-4-1;/h2*1-3H,(H,4,5);/q;;+1. The van der Waals surface area contributed by atoms with Crippen LogP contribution in [0.1, 0.15) is 0 Å². The van der Waals surface area contributed by atoms with Gasteiger partial charge in [0.25, 0.3) is 0 Å². The fourth-order valence-electron chi connectivity index (χ4n) is 0.430. The molecule has 0 atom stereocenters. The molecule has 0 spiro atoms. The molecule has 2 rings (SSSR count). The van der Waals surface area contributed by atoms with Gasteiger partial charge in [-0.25, -0.2) is 9.97 Å². The Bertz CT molecular complexity index is 154. The molecule has 5 heteroatoms. The fourth-order valence-corrected chi connectivity index (χ4v) is 0.430. The van der Waals surface area contributed by atoms with E-state index in [1.807, 2.05) is 0 Å². The molecule has 62 valence electrons. The predicted octanol–water partition coefficient (Wildman–Crippen LogP) is 0.817. The Hall–Kier alpha value is -0.840. The molecule has 0 aromatic carbocycles. The number of hydrogen-bond acceptors (Lipinski definition) is 2. The first-order chi connectivity index (χ1) is 5.00. The first-order valence-corrected chi connectivity index (χ1v) is 2.85. The maximum atomic E-state index is 3.67. The summed E-state index contributed by atoms with van der Waals surface area (Å²) in [4.78, 5) is 12.8. The molecule has 0 aliphatic rings. The molecule has 0 saturated heterocycles. The third kappa shape index (κ3) is 5.60. The van der Waals surface area contributed by atoms with Crippen LogP contribution in [0, 0.1) is 0 Å². The largest absolute Gasteiger partial charge is 1.00 e. The molecule has 0 fully saturated rings. The number of aromatic amines is 2. The summed E-state index contributed by atoms with van der Waals surface area (Å²) in [5.41, 5.74) is 0. The van der Waals surface area contributed by atoms with Crippen molar-refractivity contribution < 1.29 is 22.4 Å². The van der Waals surface area contributed by atoms with E-state index in [0.717, 1.165) is 0 Å². The van der Waals surface area contributed by atoms with E-state index >= 15 is 0 Å². The molecule has 2 heterocycles. The zero-order chi connectivity index (χ0) is 7.07. The minimum atomic E-state index is 0. The number of imidazole rings is 2. The molecule has 0 radical (unpaired) electrons. The Morgan fingerprint density at radius 3 is 1.36 bits per heavy atom. The van der Waals surface area contributed by atoms with Crippen LogP contribution < -0.4 is 0 Å². The first kappa shape index (κ1) is 10.2. The molecule has 2 aromatic rings. The van der Waals surface area contributed by atoms with Crippen LogP contribution in [0.4, 0.5) is 0 Å². The Morgan fingerprint density at radius 1 is 0.818 bits per heavy atom. The second-order valence-electron chi connectivity index (χ2n) is 1.52. The van der Waals surface area contributed by atoms with Crippen molar-refractivity contribution in [1.29, 1.82) is 0 Å². The van der Waals surface area contributed by atoms with Gasteiger partial charge in [-0.3, -0.25) is 0 Å². The molecule has 0 aliphatic carbocycles. The topological polar surface area (TPSA) is 57.4 Å². The zero-order valence-electron chi connectivity index (χ0n) is 5.66. The number of rotatable bonds is 0. The van der Waals surface area contributed by atoms with Gasteiger partial charge in [0.1, 0.15) is 0 Å². The molecule has 2 N–H and O–H groups in total. The van der Waals surface area contributed by atoms with Crippen molar-refractivity contribution in [2.24, 2.45) is 0 Å². The van der Waals surface area contributed by atoms with Crippen LogP contribution in [0.2, 0.25) is 0 Å². The van der Waals surface area contributed by atoms with E-state index in [1.54, 1.807) is 37.4 Å². The molecule has 2 aromatic heterocycles. The summed E-state index contributed by atoms with van der Waals surface area (Å²) in [6, 6.07) is 0. The Kier molecular flexibility index (Phi) is 6.71. The van der Waals surface area contributed by atoms with Gasteiger partial charge in [0.15, 0.2) is 0 Å². The Labute approximate surface area is 80.0 Å². The van der Waals surface area contributed by atoms with E-state index in [4.69, 9.17) is 0 Å². The minimum Gasteiger partial charge on any atom is -0.351 e. The smallest absolute Gasteiger partial charge is 0.351 e. The molecular formula is C6H8AgN4+. The van der Waals surface area contributed by atoms with Gasteiger partial charge in [-0.15, -0.1) is 0 Å². The van der Waals surface area contributed by atoms with Gasteiger partial charge in [0.05, 0.1) is 12.7 Å². The summed E-state index contributed by atoms with van der Waals surface area (Å²) in [6.45, 7) is 0. The van der Waals surface area contributed by atoms with Crippen molar-refractivity contribution in [3.63, 3.8) is 0 Å². The van der Waals surface area contributed by atoms with Gasteiger partial charge in [-0.2, -0.15) is 0 Å². The summed E-state index contributed by atoms with van der Waals surface area (Å²) < 4.78 is 0. The molecule has 0 unspecified atom stereocenters. The van der Waals surface area contributed by atoms with Crippen molar-refractivity contribution in [2.45, 2.75) is 0 Å². The molecule has 11 heavy (non-hydrogen) atoms. The number of hydrogen-bond donors (Lipinski definition) is 2. The molecule has 0 aliphatic heterocycles. The second-order valence-corrected chi connectivity index (χ2v) is 1.52. The molecule has 0 amide bonds. The summed E-state index contributed by atoms with van der Waals surface area (Å²) in [5, 5.41) is 0. The maximum Gasteiger partial charge on any atom is 1.00 e. The van der Waals surface area contributed by atoms with E-state index in [9.17, 15) is 0 Å². The minimum absolute atomic E-state index is 0. The fraction of sp³-hybridized carbons (Fsp3) is 0. The van der Waals surface area contributed by atoms with Crippen LogP contribution in [-0.2, 0) is 22.4 Å². The summed E-state index contributed by atoms with van der Waals surface area (Å²) in [6.07, 6.45) is 10.2. The van der Waals surface area contributed by atoms with E-state index in [0.29, 0.717) is 0 Å².